The molecule has 6 heteroatoms. The maximum absolute atomic E-state index is 12.4. The van der Waals surface area contributed by atoms with Crippen molar-refractivity contribution in [3.8, 4) is 0 Å². The predicted molar refractivity (Wildman–Crippen MR) is 99.1 cm³/mol. The van der Waals surface area contributed by atoms with E-state index in [2.05, 4.69) is 10.3 Å². The number of carboxylic acids is 1. The maximum atomic E-state index is 12.4. The minimum Gasteiger partial charge on any atom is -0.478 e. The van der Waals surface area contributed by atoms with Crippen LogP contribution in [0.5, 0.6) is 0 Å². The molecule has 1 aromatic heterocycles. The van der Waals surface area contributed by atoms with E-state index in [-0.39, 0.29) is 17.7 Å². The molecule has 0 atom stereocenters. The highest BCUT2D eigenvalue weighted by atomic mass is 16.5. The number of nitrogens with one attached hydrogen (secondary N) is 1. The number of esters is 1. The van der Waals surface area contributed by atoms with Crippen LogP contribution in [0.1, 0.15) is 33.2 Å². The summed E-state index contributed by atoms with van der Waals surface area (Å²) in [6, 6.07) is 12.3. The SMILES string of the molecule is CCOC(=O)c1cnc2ccc(C(=O)O)cc2c1Nc1ccc(C)cc1. The fourth-order valence-electron chi connectivity index (χ4n) is 2.61. The van der Waals surface area contributed by atoms with Crippen LogP contribution in [-0.2, 0) is 4.74 Å². The number of carbonyl (C=O) groups excluding carboxylic acids is 1. The van der Waals surface area contributed by atoms with Crippen molar-refractivity contribution < 1.29 is 19.4 Å². The first kappa shape index (κ1) is 17.4. The third-order valence-corrected chi connectivity index (χ3v) is 3.93. The molecule has 0 radical (unpaired) electrons. The minimum atomic E-state index is -1.05. The molecule has 26 heavy (non-hydrogen) atoms. The number of rotatable bonds is 5. The fourth-order valence-corrected chi connectivity index (χ4v) is 2.61. The Morgan fingerprint density at radius 1 is 1.15 bits per heavy atom. The van der Waals surface area contributed by atoms with Gasteiger partial charge in [0.15, 0.2) is 0 Å². The maximum Gasteiger partial charge on any atom is 0.341 e. The van der Waals surface area contributed by atoms with Crippen LogP contribution in [0.15, 0.2) is 48.7 Å². The Morgan fingerprint density at radius 2 is 1.88 bits per heavy atom. The van der Waals surface area contributed by atoms with Crippen LogP contribution in [0, 0.1) is 6.92 Å². The number of benzene rings is 2. The topological polar surface area (TPSA) is 88.5 Å². The molecule has 0 aliphatic carbocycles. The van der Waals surface area contributed by atoms with E-state index in [1.165, 1.54) is 18.3 Å². The lowest BCUT2D eigenvalue weighted by Gasteiger charge is -2.14. The molecule has 3 aromatic rings. The van der Waals surface area contributed by atoms with E-state index >= 15 is 0 Å². The molecule has 132 valence electrons. The molecule has 6 nitrogen and oxygen atoms in total. The highest BCUT2D eigenvalue weighted by Crippen LogP contribution is 2.30. The van der Waals surface area contributed by atoms with Crippen molar-refractivity contribution in [2.24, 2.45) is 0 Å². The van der Waals surface area contributed by atoms with Crippen molar-refractivity contribution in [3.05, 3.63) is 65.4 Å². The number of ether oxygens (including phenoxy) is 1. The Morgan fingerprint density at radius 3 is 2.54 bits per heavy atom. The van der Waals surface area contributed by atoms with E-state index in [1.54, 1.807) is 13.0 Å². The van der Waals surface area contributed by atoms with Gasteiger partial charge in [-0.25, -0.2) is 9.59 Å². The van der Waals surface area contributed by atoms with Gasteiger partial charge in [-0.1, -0.05) is 17.7 Å². The van der Waals surface area contributed by atoms with Gasteiger partial charge in [0, 0.05) is 17.3 Å². The summed E-state index contributed by atoms with van der Waals surface area (Å²) < 4.78 is 5.12. The largest absolute Gasteiger partial charge is 0.478 e. The summed E-state index contributed by atoms with van der Waals surface area (Å²) in [5, 5.41) is 13.0. The normalized spacial score (nSPS) is 10.5. The fraction of sp³-hybridized carbons (Fsp3) is 0.150. The van der Waals surface area contributed by atoms with Crippen molar-refractivity contribution in [2.75, 3.05) is 11.9 Å². The van der Waals surface area contributed by atoms with Gasteiger partial charge in [0.05, 0.1) is 23.4 Å². The zero-order chi connectivity index (χ0) is 18.7. The summed E-state index contributed by atoms with van der Waals surface area (Å²) in [7, 11) is 0. The van der Waals surface area contributed by atoms with Gasteiger partial charge in [-0.05, 0) is 44.2 Å². The first-order valence-electron chi connectivity index (χ1n) is 8.16. The molecule has 0 unspecified atom stereocenters. The predicted octanol–water partition coefficient (Wildman–Crippen LogP) is 4.16. The third kappa shape index (κ3) is 3.49. The Balaban J connectivity index is 2.19. The molecule has 0 aliphatic rings. The van der Waals surface area contributed by atoms with Gasteiger partial charge in [0.1, 0.15) is 5.56 Å². The van der Waals surface area contributed by atoms with Crippen LogP contribution in [0.25, 0.3) is 10.9 Å². The van der Waals surface area contributed by atoms with Gasteiger partial charge < -0.3 is 15.2 Å². The Kier molecular flexibility index (Phi) is 4.84. The molecule has 3 rings (SSSR count). The molecular weight excluding hydrogens is 332 g/mol. The van der Waals surface area contributed by atoms with Crippen LogP contribution >= 0.6 is 0 Å². The molecule has 2 aromatic carbocycles. The molecule has 0 fully saturated rings. The molecule has 0 saturated carbocycles. The Hall–Kier alpha value is -3.41. The van der Waals surface area contributed by atoms with Crippen LogP contribution in [-0.4, -0.2) is 28.6 Å². The van der Waals surface area contributed by atoms with E-state index in [4.69, 9.17) is 4.74 Å². The van der Waals surface area contributed by atoms with E-state index < -0.39 is 11.9 Å². The van der Waals surface area contributed by atoms with Gasteiger partial charge in [-0.15, -0.1) is 0 Å². The molecule has 0 aliphatic heterocycles. The Labute approximate surface area is 150 Å². The number of nitrogens with zero attached hydrogens (tertiary/aromatic N) is 1. The smallest absolute Gasteiger partial charge is 0.341 e. The first-order chi connectivity index (χ1) is 12.5. The summed E-state index contributed by atoms with van der Waals surface area (Å²) in [6.45, 7) is 3.94. The van der Waals surface area contributed by atoms with Crippen LogP contribution < -0.4 is 5.32 Å². The molecular formula is C20H18N2O4. The molecule has 0 spiro atoms. The van der Waals surface area contributed by atoms with Gasteiger partial charge >= 0.3 is 11.9 Å². The summed E-state index contributed by atoms with van der Waals surface area (Å²) in [6.07, 6.45) is 1.44. The standard InChI is InChI=1S/C20H18N2O4/c1-3-26-20(25)16-11-21-17-9-6-13(19(23)24)10-15(17)18(16)22-14-7-4-12(2)5-8-14/h4-11H,3H2,1-2H3,(H,21,22)(H,23,24). The van der Waals surface area contributed by atoms with E-state index in [9.17, 15) is 14.7 Å². The number of carboxylic acid groups (broad SMARTS) is 1. The average Bonchev–Trinajstić information content (AvgIpc) is 2.63. The summed E-state index contributed by atoms with van der Waals surface area (Å²) in [5.41, 5.74) is 3.30. The summed E-state index contributed by atoms with van der Waals surface area (Å²) >= 11 is 0. The lowest BCUT2D eigenvalue weighted by atomic mass is 10.1. The number of anilines is 2. The van der Waals surface area contributed by atoms with E-state index in [1.807, 2.05) is 31.2 Å². The molecule has 0 amide bonds. The van der Waals surface area contributed by atoms with Crippen molar-refractivity contribution in [2.45, 2.75) is 13.8 Å². The van der Waals surface area contributed by atoms with Crippen LogP contribution in [0.2, 0.25) is 0 Å². The van der Waals surface area contributed by atoms with Crippen LogP contribution in [0.3, 0.4) is 0 Å². The lowest BCUT2D eigenvalue weighted by molar-refractivity contribution is 0.0526. The third-order valence-electron chi connectivity index (χ3n) is 3.93. The number of fused-ring (bicyclic) bond motifs is 1. The minimum absolute atomic E-state index is 0.118. The van der Waals surface area contributed by atoms with Crippen molar-refractivity contribution in [1.29, 1.82) is 0 Å². The highest BCUT2D eigenvalue weighted by Gasteiger charge is 2.18. The zero-order valence-corrected chi connectivity index (χ0v) is 14.4. The Bertz CT molecular complexity index is 981. The van der Waals surface area contributed by atoms with E-state index in [0.717, 1.165) is 11.3 Å². The summed E-state index contributed by atoms with van der Waals surface area (Å²) in [5.74, 6) is -1.56. The monoisotopic (exact) mass is 350 g/mol. The zero-order valence-electron chi connectivity index (χ0n) is 14.4. The number of aromatic nitrogens is 1. The van der Waals surface area contributed by atoms with Crippen molar-refractivity contribution >= 4 is 34.2 Å². The number of pyridine rings is 1. The van der Waals surface area contributed by atoms with Gasteiger partial charge in [-0.2, -0.15) is 0 Å². The highest BCUT2D eigenvalue weighted by molar-refractivity contribution is 6.07. The number of aromatic carboxylic acids is 1. The van der Waals surface area contributed by atoms with Crippen LogP contribution in [0.4, 0.5) is 11.4 Å². The second kappa shape index (κ2) is 7.23. The second-order valence-electron chi connectivity index (χ2n) is 5.80. The second-order valence-corrected chi connectivity index (χ2v) is 5.80. The number of hydrogen-bond donors (Lipinski definition) is 2. The average molecular weight is 350 g/mol. The van der Waals surface area contributed by atoms with E-state index in [0.29, 0.717) is 16.6 Å². The molecule has 0 saturated heterocycles. The molecule has 0 bridgehead atoms. The van der Waals surface area contributed by atoms with Gasteiger partial charge in [0.2, 0.25) is 0 Å². The van der Waals surface area contributed by atoms with Crippen molar-refractivity contribution in [3.63, 3.8) is 0 Å². The van der Waals surface area contributed by atoms with Gasteiger partial charge in [-0.3, -0.25) is 4.98 Å². The molecule has 2 N–H and O–H groups in total. The quantitative estimate of drug-likeness (QED) is 0.672. The van der Waals surface area contributed by atoms with Gasteiger partial charge in [0.25, 0.3) is 0 Å². The first-order valence-corrected chi connectivity index (χ1v) is 8.16. The number of hydrogen-bond acceptors (Lipinski definition) is 5. The van der Waals surface area contributed by atoms with Crippen molar-refractivity contribution in [1.82, 2.24) is 4.98 Å². The molecule has 1 heterocycles. The number of carbonyl (C=O) groups is 2. The number of aryl methyl sites for hydroxylation is 1. The summed E-state index contributed by atoms with van der Waals surface area (Å²) in [4.78, 5) is 28.0. The lowest BCUT2D eigenvalue weighted by Crippen LogP contribution is -2.09.